The molecule has 0 saturated carbocycles. The number of ether oxygens (including phenoxy) is 2. The van der Waals surface area contributed by atoms with Gasteiger partial charge in [-0.15, -0.1) is 20.5 Å². The minimum absolute atomic E-state index is 0.127. The van der Waals surface area contributed by atoms with Crippen LogP contribution in [-0.4, -0.2) is 35.2 Å². The smallest absolute Gasteiger partial charge is 0.395 e. The summed E-state index contributed by atoms with van der Waals surface area (Å²) in [7, 11) is 0. The van der Waals surface area contributed by atoms with Crippen LogP contribution in [-0.2, 0) is 16.0 Å². The molecule has 0 spiro atoms. The van der Waals surface area contributed by atoms with Gasteiger partial charge in [0.15, 0.2) is 11.5 Å². The van der Waals surface area contributed by atoms with Crippen molar-refractivity contribution < 1.29 is 32.2 Å². The zero-order valence-electron chi connectivity index (χ0n) is 14.8. The average molecular weight is 424 g/mol. The molecule has 2 amide bonds. The van der Waals surface area contributed by atoms with Crippen LogP contribution in [0.15, 0.2) is 42.5 Å². The number of alkyl halides is 2. The minimum Gasteiger partial charge on any atom is -0.395 e. The molecule has 2 heterocycles. The summed E-state index contributed by atoms with van der Waals surface area (Å²) >= 11 is 1.33. The van der Waals surface area contributed by atoms with Crippen LogP contribution in [0.25, 0.3) is 0 Å². The molecule has 2 aliphatic rings. The van der Waals surface area contributed by atoms with Crippen molar-refractivity contribution in [3.05, 3.63) is 53.8 Å². The van der Waals surface area contributed by atoms with E-state index in [0.717, 1.165) is 5.56 Å². The molecule has 152 valence electrons. The quantitative estimate of drug-likeness (QED) is 0.790. The molecule has 29 heavy (non-hydrogen) atoms. The topological polar surface area (TPSA) is 76.7 Å². The lowest BCUT2D eigenvalue weighted by Crippen LogP contribution is -2.52. The summed E-state index contributed by atoms with van der Waals surface area (Å²) in [6.07, 6.45) is -3.32. The van der Waals surface area contributed by atoms with E-state index in [9.17, 15) is 22.8 Å². The van der Waals surface area contributed by atoms with Gasteiger partial charge < -0.3 is 20.1 Å². The van der Waals surface area contributed by atoms with Crippen molar-refractivity contribution in [3.63, 3.8) is 0 Å². The maximum absolute atomic E-state index is 13.1. The molecule has 10 heteroatoms. The molecule has 4 rings (SSSR count). The summed E-state index contributed by atoms with van der Waals surface area (Å²) in [5, 5.41) is 4.84. The second-order valence-corrected chi connectivity index (χ2v) is 7.77. The predicted molar refractivity (Wildman–Crippen MR) is 99.6 cm³/mol. The van der Waals surface area contributed by atoms with Gasteiger partial charge in [0.05, 0.1) is 5.25 Å². The van der Waals surface area contributed by atoms with E-state index in [2.05, 4.69) is 20.1 Å². The highest BCUT2D eigenvalue weighted by Gasteiger charge is 2.43. The van der Waals surface area contributed by atoms with Crippen LogP contribution in [0, 0.1) is 5.82 Å². The largest absolute Gasteiger partial charge is 0.586 e. The molecular weight excluding hydrogens is 409 g/mol. The standard InChI is InChI=1S/C19H15F3N2O4S/c20-11-3-1-10(2-4-11)7-16-18(26)24-13(9-29-16)17(25)23-12-5-6-14-15(8-12)28-19(21,22)27-14/h1-6,8,13,16H,7,9H2,(H,23,25)(H,24,26)/t13-,16-/m0/s1. The van der Waals surface area contributed by atoms with E-state index in [1.807, 2.05) is 0 Å². The van der Waals surface area contributed by atoms with Gasteiger partial charge in [0.25, 0.3) is 0 Å². The molecule has 2 aromatic rings. The highest BCUT2D eigenvalue weighted by atomic mass is 32.2. The molecule has 0 radical (unpaired) electrons. The summed E-state index contributed by atoms with van der Waals surface area (Å²) in [6, 6.07) is 9.01. The number of anilines is 1. The van der Waals surface area contributed by atoms with E-state index < -0.39 is 23.5 Å². The molecule has 2 aromatic carbocycles. The summed E-state index contributed by atoms with van der Waals surface area (Å²) in [5.41, 5.74) is 1.06. The van der Waals surface area contributed by atoms with Crippen LogP contribution >= 0.6 is 11.8 Å². The van der Waals surface area contributed by atoms with Crippen molar-refractivity contribution in [2.45, 2.75) is 24.0 Å². The maximum Gasteiger partial charge on any atom is 0.586 e. The van der Waals surface area contributed by atoms with Gasteiger partial charge in [0.1, 0.15) is 11.9 Å². The molecule has 2 atom stereocenters. The van der Waals surface area contributed by atoms with Gasteiger partial charge in [0, 0.05) is 17.5 Å². The number of hydrogen-bond acceptors (Lipinski definition) is 5. The molecule has 0 bridgehead atoms. The van der Waals surface area contributed by atoms with Crippen molar-refractivity contribution in [2.75, 3.05) is 11.1 Å². The zero-order chi connectivity index (χ0) is 20.6. The fourth-order valence-corrected chi connectivity index (χ4v) is 4.17. The van der Waals surface area contributed by atoms with Gasteiger partial charge in [-0.3, -0.25) is 9.59 Å². The molecular formula is C19H15F3N2O4S. The van der Waals surface area contributed by atoms with Gasteiger partial charge >= 0.3 is 6.29 Å². The Kier molecular flexibility index (Phi) is 5.03. The van der Waals surface area contributed by atoms with Crippen molar-refractivity contribution in [2.24, 2.45) is 0 Å². The van der Waals surface area contributed by atoms with E-state index in [-0.39, 0.29) is 28.9 Å². The number of benzene rings is 2. The number of carbonyl (C=O) groups is 2. The van der Waals surface area contributed by atoms with Crippen LogP contribution < -0.4 is 20.1 Å². The van der Waals surface area contributed by atoms with Gasteiger partial charge in [-0.25, -0.2) is 4.39 Å². The van der Waals surface area contributed by atoms with Crippen molar-refractivity contribution in [1.82, 2.24) is 5.32 Å². The minimum atomic E-state index is -3.74. The van der Waals surface area contributed by atoms with E-state index in [4.69, 9.17) is 0 Å². The Morgan fingerprint density at radius 1 is 1.17 bits per heavy atom. The Morgan fingerprint density at radius 2 is 1.90 bits per heavy atom. The first kappa shape index (κ1) is 19.4. The third-order valence-electron chi connectivity index (χ3n) is 4.39. The molecule has 1 saturated heterocycles. The number of nitrogens with one attached hydrogen (secondary N) is 2. The van der Waals surface area contributed by atoms with Crippen LogP contribution in [0.5, 0.6) is 11.5 Å². The van der Waals surface area contributed by atoms with Crippen LogP contribution in [0.3, 0.4) is 0 Å². The lowest BCUT2D eigenvalue weighted by Gasteiger charge is -2.28. The van der Waals surface area contributed by atoms with Gasteiger partial charge in [-0.2, -0.15) is 0 Å². The summed E-state index contributed by atoms with van der Waals surface area (Å²) < 4.78 is 47.8. The molecule has 2 N–H and O–H groups in total. The van der Waals surface area contributed by atoms with E-state index >= 15 is 0 Å². The monoisotopic (exact) mass is 424 g/mol. The van der Waals surface area contributed by atoms with E-state index in [0.29, 0.717) is 12.2 Å². The van der Waals surface area contributed by atoms with Crippen LogP contribution in [0.2, 0.25) is 0 Å². The highest BCUT2D eigenvalue weighted by molar-refractivity contribution is 8.00. The number of thioether (sulfide) groups is 1. The number of fused-ring (bicyclic) bond motifs is 1. The van der Waals surface area contributed by atoms with Crippen molar-refractivity contribution in [1.29, 1.82) is 0 Å². The van der Waals surface area contributed by atoms with E-state index in [1.165, 1.54) is 42.1 Å². The number of hydrogen-bond donors (Lipinski definition) is 2. The Morgan fingerprint density at radius 3 is 2.62 bits per heavy atom. The van der Waals surface area contributed by atoms with E-state index in [1.54, 1.807) is 12.1 Å². The van der Waals surface area contributed by atoms with Crippen molar-refractivity contribution >= 4 is 29.3 Å². The summed E-state index contributed by atoms with van der Waals surface area (Å²) in [4.78, 5) is 24.8. The van der Waals surface area contributed by atoms with Gasteiger partial charge in [-0.1, -0.05) is 12.1 Å². The van der Waals surface area contributed by atoms with Crippen molar-refractivity contribution in [3.8, 4) is 11.5 Å². The third-order valence-corrected chi connectivity index (χ3v) is 5.70. The third kappa shape index (κ3) is 4.42. The van der Waals surface area contributed by atoms with Gasteiger partial charge in [0.2, 0.25) is 11.8 Å². The molecule has 1 fully saturated rings. The molecule has 2 aliphatic heterocycles. The summed E-state index contributed by atoms with van der Waals surface area (Å²) in [5.74, 6) is -1.09. The summed E-state index contributed by atoms with van der Waals surface area (Å²) in [6.45, 7) is 0. The lowest BCUT2D eigenvalue weighted by atomic mass is 10.1. The zero-order valence-corrected chi connectivity index (χ0v) is 15.6. The Labute approximate surface area is 167 Å². The molecule has 6 nitrogen and oxygen atoms in total. The Hall–Kier alpha value is -2.88. The number of carbonyl (C=O) groups excluding carboxylic acids is 2. The fraction of sp³-hybridized carbons (Fsp3) is 0.263. The fourth-order valence-electron chi connectivity index (χ4n) is 2.98. The predicted octanol–water partition coefficient (Wildman–Crippen LogP) is 2.93. The van der Waals surface area contributed by atoms with Crippen LogP contribution in [0.4, 0.5) is 18.9 Å². The second-order valence-electron chi connectivity index (χ2n) is 6.53. The first-order valence-electron chi connectivity index (χ1n) is 8.66. The maximum atomic E-state index is 13.1. The molecule has 0 unspecified atom stereocenters. The molecule has 0 aliphatic carbocycles. The second kappa shape index (κ2) is 7.51. The first-order chi connectivity index (χ1) is 13.8. The SMILES string of the molecule is O=C(Nc1ccc2c(c1)OC(F)(F)O2)[C@@H]1CS[C@@H](Cc2ccc(F)cc2)C(=O)N1. The lowest BCUT2D eigenvalue weighted by molar-refractivity contribution is -0.286. The number of amides is 2. The average Bonchev–Trinajstić information content (AvgIpc) is 2.98. The highest BCUT2D eigenvalue weighted by Crippen LogP contribution is 2.42. The Bertz CT molecular complexity index is 955. The normalized spacial score (nSPS) is 22.1. The number of halogens is 3. The first-order valence-corrected chi connectivity index (χ1v) is 9.71. The molecule has 0 aromatic heterocycles. The number of rotatable bonds is 4. The van der Waals surface area contributed by atoms with Crippen LogP contribution in [0.1, 0.15) is 5.56 Å². The Balaban J connectivity index is 1.34. The van der Waals surface area contributed by atoms with Gasteiger partial charge in [-0.05, 0) is 36.2 Å².